The molecule has 8 nitrogen and oxygen atoms in total. The Morgan fingerprint density at radius 1 is 1.48 bits per heavy atom. The Morgan fingerprint density at radius 2 is 2.28 bits per heavy atom. The third kappa shape index (κ3) is 5.14. The molecule has 1 aromatic heterocycles. The van der Waals surface area contributed by atoms with Gasteiger partial charge in [0.1, 0.15) is 18.6 Å². The standard InChI is InChI=1S/C16H15IN4O4/c1-3-6-25-16-13(17)7-11(8-14(16)24-2)9-19-20-15-5-4-12(10-18-15)21(22)23/h3-5,7-10H,1,6H2,2H3,(H,18,20). The van der Waals surface area contributed by atoms with Gasteiger partial charge in [0.15, 0.2) is 11.5 Å². The molecule has 0 aliphatic carbocycles. The smallest absolute Gasteiger partial charge is 0.287 e. The second-order valence-corrected chi connectivity index (χ2v) is 5.82. The van der Waals surface area contributed by atoms with Gasteiger partial charge in [-0.1, -0.05) is 12.7 Å². The van der Waals surface area contributed by atoms with Crippen LogP contribution in [0.2, 0.25) is 0 Å². The fraction of sp³-hybridized carbons (Fsp3) is 0.125. The molecule has 2 aromatic rings. The van der Waals surface area contributed by atoms with E-state index in [0.717, 1.165) is 15.3 Å². The lowest BCUT2D eigenvalue weighted by atomic mass is 10.2. The van der Waals surface area contributed by atoms with Crippen LogP contribution in [0.15, 0.2) is 48.2 Å². The number of pyridine rings is 1. The molecule has 0 fully saturated rings. The third-order valence-corrected chi connectivity index (χ3v) is 3.75. The molecule has 0 bridgehead atoms. The number of nitrogens with one attached hydrogen (secondary N) is 1. The number of anilines is 1. The Labute approximate surface area is 157 Å². The topological polar surface area (TPSA) is 98.9 Å². The van der Waals surface area contributed by atoms with Crippen LogP contribution in [0.25, 0.3) is 0 Å². The lowest BCUT2D eigenvalue weighted by Crippen LogP contribution is -2.00. The van der Waals surface area contributed by atoms with Crippen molar-refractivity contribution in [3.63, 3.8) is 0 Å². The molecule has 0 aliphatic rings. The summed E-state index contributed by atoms with van der Waals surface area (Å²) in [5.41, 5.74) is 3.43. The van der Waals surface area contributed by atoms with Crippen molar-refractivity contribution in [1.29, 1.82) is 0 Å². The van der Waals surface area contributed by atoms with Crippen molar-refractivity contribution in [2.75, 3.05) is 19.1 Å². The van der Waals surface area contributed by atoms with Gasteiger partial charge in [0, 0.05) is 6.07 Å². The fourth-order valence-electron chi connectivity index (χ4n) is 1.83. The van der Waals surface area contributed by atoms with Crippen LogP contribution < -0.4 is 14.9 Å². The molecule has 0 atom stereocenters. The number of nitrogens with zero attached hydrogens (tertiary/aromatic N) is 3. The van der Waals surface area contributed by atoms with E-state index >= 15 is 0 Å². The number of methoxy groups -OCH3 is 1. The summed E-state index contributed by atoms with van der Waals surface area (Å²) in [6.07, 6.45) is 4.41. The first-order valence-electron chi connectivity index (χ1n) is 7.06. The average molecular weight is 454 g/mol. The highest BCUT2D eigenvalue weighted by Gasteiger charge is 2.10. The third-order valence-electron chi connectivity index (χ3n) is 2.95. The van der Waals surface area contributed by atoms with Crippen LogP contribution in [0.3, 0.4) is 0 Å². The van der Waals surface area contributed by atoms with Crippen LogP contribution >= 0.6 is 22.6 Å². The zero-order valence-corrected chi connectivity index (χ0v) is 15.5. The number of ether oxygens (including phenoxy) is 2. The summed E-state index contributed by atoms with van der Waals surface area (Å²) in [5.74, 6) is 1.63. The van der Waals surface area contributed by atoms with Crippen LogP contribution in [0.4, 0.5) is 11.5 Å². The first-order valence-corrected chi connectivity index (χ1v) is 8.13. The predicted octanol–water partition coefficient (Wildman–Crippen LogP) is 3.61. The normalized spacial score (nSPS) is 10.5. The number of rotatable bonds is 8. The number of halogens is 1. The highest BCUT2D eigenvalue weighted by atomic mass is 127. The molecule has 0 unspecified atom stereocenters. The summed E-state index contributed by atoms with van der Waals surface area (Å²) in [7, 11) is 1.56. The van der Waals surface area contributed by atoms with Crippen molar-refractivity contribution in [1.82, 2.24) is 4.98 Å². The Hall–Kier alpha value is -2.69. The van der Waals surface area contributed by atoms with Gasteiger partial charge in [-0.2, -0.15) is 5.10 Å². The maximum atomic E-state index is 10.6. The number of benzene rings is 1. The molecule has 2 rings (SSSR count). The van der Waals surface area contributed by atoms with E-state index in [1.807, 2.05) is 6.07 Å². The van der Waals surface area contributed by atoms with Crippen molar-refractivity contribution >= 4 is 40.3 Å². The van der Waals surface area contributed by atoms with E-state index in [4.69, 9.17) is 9.47 Å². The zero-order valence-electron chi connectivity index (χ0n) is 13.3. The Morgan fingerprint density at radius 3 is 2.88 bits per heavy atom. The Bertz CT molecular complexity index is 793. The van der Waals surface area contributed by atoms with Gasteiger partial charge >= 0.3 is 0 Å². The van der Waals surface area contributed by atoms with Gasteiger partial charge in [0.2, 0.25) is 0 Å². The molecular formula is C16H15IN4O4. The highest BCUT2D eigenvalue weighted by Crippen LogP contribution is 2.33. The summed E-state index contributed by atoms with van der Waals surface area (Å²) < 4.78 is 11.8. The second-order valence-electron chi connectivity index (χ2n) is 4.66. The summed E-state index contributed by atoms with van der Waals surface area (Å²) >= 11 is 2.15. The summed E-state index contributed by atoms with van der Waals surface area (Å²) in [5, 5.41) is 14.7. The maximum Gasteiger partial charge on any atom is 0.287 e. The van der Waals surface area contributed by atoms with Gasteiger partial charge in [-0.05, 0) is 46.4 Å². The quantitative estimate of drug-likeness (QED) is 0.215. The molecule has 25 heavy (non-hydrogen) atoms. The lowest BCUT2D eigenvalue weighted by Gasteiger charge is -2.12. The van der Waals surface area contributed by atoms with Crippen molar-refractivity contribution in [2.45, 2.75) is 0 Å². The SMILES string of the molecule is C=CCOc1c(I)cc(C=NNc2ccc([N+](=O)[O-])cn2)cc1OC. The number of hydrogen-bond acceptors (Lipinski definition) is 7. The molecule has 9 heteroatoms. The minimum atomic E-state index is -0.510. The van der Waals surface area contributed by atoms with Gasteiger partial charge in [-0.3, -0.25) is 15.5 Å². The van der Waals surface area contributed by atoms with E-state index in [1.54, 1.807) is 25.5 Å². The monoisotopic (exact) mass is 454 g/mol. The van der Waals surface area contributed by atoms with E-state index in [1.165, 1.54) is 12.1 Å². The highest BCUT2D eigenvalue weighted by molar-refractivity contribution is 14.1. The molecule has 0 saturated carbocycles. The molecule has 0 radical (unpaired) electrons. The largest absolute Gasteiger partial charge is 0.493 e. The zero-order chi connectivity index (χ0) is 18.2. The average Bonchev–Trinajstić information content (AvgIpc) is 2.61. The number of hydrogen-bond donors (Lipinski definition) is 1. The van der Waals surface area contributed by atoms with Crippen LogP contribution in [0, 0.1) is 13.7 Å². The summed E-state index contributed by atoms with van der Waals surface area (Å²) in [6, 6.07) is 6.50. The van der Waals surface area contributed by atoms with Gasteiger partial charge in [-0.15, -0.1) is 0 Å². The van der Waals surface area contributed by atoms with Crippen LogP contribution in [0.5, 0.6) is 11.5 Å². The number of nitro groups is 1. The van der Waals surface area contributed by atoms with Crippen molar-refractivity contribution in [2.24, 2.45) is 5.10 Å². The van der Waals surface area contributed by atoms with Crippen molar-refractivity contribution in [3.8, 4) is 11.5 Å². The molecule has 1 aromatic carbocycles. The summed E-state index contributed by atoms with van der Waals surface area (Å²) in [4.78, 5) is 14.0. The number of hydrazone groups is 1. The van der Waals surface area contributed by atoms with E-state index in [0.29, 0.717) is 23.9 Å². The van der Waals surface area contributed by atoms with E-state index in [2.05, 4.69) is 44.7 Å². The lowest BCUT2D eigenvalue weighted by molar-refractivity contribution is -0.385. The Balaban J connectivity index is 2.11. The molecule has 0 spiro atoms. The molecule has 1 heterocycles. The van der Waals surface area contributed by atoms with Gasteiger partial charge in [-0.25, -0.2) is 4.98 Å². The first kappa shape index (κ1) is 18.6. The fourth-order valence-corrected chi connectivity index (χ4v) is 2.61. The minimum Gasteiger partial charge on any atom is -0.493 e. The second kappa shape index (κ2) is 8.97. The molecule has 0 aliphatic heterocycles. The van der Waals surface area contributed by atoms with E-state index in [9.17, 15) is 10.1 Å². The minimum absolute atomic E-state index is 0.0797. The van der Waals surface area contributed by atoms with Crippen LogP contribution in [-0.4, -0.2) is 29.8 Å². The number of aromatic nitrogens is 1. The molecule has 130 valence electrons. The molecule has 1 N–H and O–H groups in total. The van der Waals surface area contributed by atoms with Crippen LogP contribution in [-0.2, 0) is 0 Å². The summed E-state index contributed by atoms with van der Waals surface area (Å²) in [6.45, 7) is 4.00. The van der Waals surface area contributed by atoms with E-state index < -0.39 is 4.92 Å². The predicted molar refractivity (Wildman–Crippen MR) is 104 cm³/mol. The van der Waals surface area contributed by atoms with Crippen molar-refractivity contribution < 1.29 is 14.4 Å². The molecule has 0 saturated heterocycles. The van der Waals surface area contributed by atoms with Gasteiger partial charge in [0.05, 0.1) is 21.8 Å². The molecule has 0 amide bonds. The van der Waals surface area contributed by atoms with Gasteiger partial charge in [0.25, 0.3) is 5.69 Å². The maximum absolute atomic E-state index is 10.6. The Kier molecular flexibility index (Phi) is 6.69. The van der Waals surface area contributed by atoms with Crippen molar-refractivity contribution in [3.05, 3.63) is 62.4 Å². The van der Waals surface area contributed by atoms with Crippen LogP contribution in [0.1, 0.15) is 5.56 Å². The first-order chi connectivity index (χ1) is 12.0. The van der Waals surface area contributed by atoms with E-state index in [-0.39, 0.29) is 5.69 Å². The molecular weight excluding hydrogens is 439 g/mol. The van der Waals surface area contributed by atoms with Gasteiger partial charge < -0.3 is 9.47 Å².